The van der Waals surface area contributed by atoms with Crippen LogP contribution < -0.4 is 19.7 Å². The van der Waals surface area contributed by atoms with Crippen molar-refractivity contribution in [3.63, 3.8) is 0 Å². The van der Waals surface area contributed by atoms with Gasteiger partial charge in [0.15, 0.2) is 0 Å². The molecule has 0 spiro atoms. The van der Waals surface area contributed by atoms with Gasteiger partial charge in [-0.1, -0.05) is 0 Å². The molecule has 2 aliphatic heterocycles. The second-order valence-corrected chi connectivity index (χ2v) is 6.54. The van der Waals surface area contributed by atoms with E-state index in [9.17, 15) is 9.59 Å². The summed E-state index contributed by atoms with van der Waals surface area (Å²) in [7, 11) is 4.97. The number of amides is 2. The van der Waals surface area contributed by atoms with E-state index in [0.29, 0.717) is 23.7 Å². The minimum atomic E-state index is -0.315. The van der Waals surface area contributed by atoms with Crippen molar-refractivity contribution in [1.82, 2.24) is 10.2 Å². The van der Waals surface area contributed by atoms with Crippen LogP contribution in [0, 0.1) is 5.92 Å². The predicted octanol–water partition coefficient (Wildman–Crippen LogP) is 0.877. The average Bonchev–Trinajstić information content (AvgIpc) is 3.29. The van der Waals surface area contributed by atoms with Crippen molar-refractivity contribution in [2.24, 2.45) is 5.92 Å². The van der Waals surface area contributed by atoms with Crippen LogP contribution in [0.2, 0.25) is 0 Å². The number of carbonyl (C=O) groups excluding carboxylic acids is 2. The number of nitrogens with one attached hydrogen (secondary N) is 1. The summed E-state index contributed by atoms with van der Waals surface area (Å²) in [5, 5.41) is 3.27. The Morgan fingerprint density at radius 1 is 1.32 bits per heavy atom. The molecule has 2 atom stereocenters. The molecule has 0 aromatic heterocycles. The van der Waals surface area contributed by atoms with Crippen molar-refractivity contribution in [1.29, 1.82) is 0 Å². The van der Waals surface area contributed by atoms with Gasteiger partial charge in [-0.25, -0.2) is 0 Å². The molecule has 2 saturated heterocycles. The smallest absolute Gasteiger partial charge is 0.228 e. The number of methoxy groups -OCH3 is 2. The standard InChI is InChI=1S/C18H25N3O4/c1-20(13-6-7-19-10-13)18(23)12-8-17(22)21(11-12)15-5-4-14(24-2)9-16(15)25-3/h4-5,9,12-13,19H,6-8,10-11H2,1-3H3/t12-,13-/m1/s1. The van der Waals surface area contributed by atoms with Crippen LogP contribution in [-0.2, 0) is 9.59 Å². The normalized spacial score (nSPS) is 23.0. The van der Waals surface area contributed by atoms with Crippen molar-refractivity contribution < 1.29 is 19.1 Å². The van der Waals surface area contributed by atoms with E-state index in [2.05, 4.69) is 5.32 Å². The van der Waals surface area contributed by atoms with Crippen LogP contribution in [-0.4, -0.2) is 63.7 Å². The van der Waals surface area contributed by atoms with E-state index in [1.165, 1.54) is 0 Å². The monoisotopic (exact) mass is 347 g/mol. The second-order valence-electron chi connectivity index (χ2n) is 6.54. The summed E-state index contributed by atoms with van der Waals surface area (Å²) in [6.45, 7) is 2.13. The summed E-state index contributed by atoms with van der Waals surface area (Å²) in [5.74, 6) is 0.893. The van der Waals surface area contributed by atoms with Gasteiger partial charge in [-0.15, -0.1) is 0 Å². The van der Waals surface area contributed by atoms with Gasteiger partial charge in [-0.3, -0.25) is 9.59 Å². The molecule has 0 radical (unpaired) electrons. The summed E-state index contributed by atoms with van der Waals surface area (Å²) >= 11 is 0. The van der Waals surface area contributed by atoms with Gasteiger partial charge in [-0.2, -0.15) is 0 Å². The lowest BCUT2D eigenvalue weighted by Gasteiger charge is -2.26. The molecule has 2 heterocycles. The maximum Gasteiger partial charge on any atom is 0.228 e. The van der Waals surface area contributed by atoms with Crippen LogP contribution in [0.25, 0.3) is 0 Å². The molecule has 0 saturated carbocycles. The van der Waals surface area contributed by atoms with Crippen LogP contribution in [0.5, 0.6) is 11.5 Å². The van der Waals surface area contributed by atoms with Gasteiger partial charge < -0.3 is 24.6 Å². The first kappa shape index (κ1) is 17.5. The number of benzene rings is 1. The predicted molar refractivity (Wildman–Crippen MR) is 94.1 cm³/mol. The zero-order valence-electron chi connectivity index (χ0n) is 14.9. The van der Waals surface area contributed by atoms with Gasteiger partial charge in [0.2, 0.25) is 11.8 Å². The molecule has 2 fully saturated rings. The summed E-state index contributed by atoms with van der Waals surface area (Å²) < 4.78 is 10.6. The Morgan fingerprint density at radius 3 is 2.76 bits per heavy atom. The third-order valence-electron chi connectivity index (χ3n) is 5.08. The summed E-state index contributed by atoms with van der Waals surface area (Å²) in [6, 6.07) is 5.55. The van der Waals surface area contributed by atoms with Crippen LogP contribution in [0.4, 0.5) is 5.69 Å². The quantitative estimate of drug-likeness (QED) is 0.856. The minimum absolute atomic E-state index is 0.0389. The Balaban J connectivity index is 1.75. The first-order valence-corrected chi connectivity index (χ1v) is 8.55. The van der Waals surface area contributed by atoms with Gasteiger partial charge >= 0.3 is 0 Å². The van der Waals surface area contributed by atoms with E-state index in [4.69, 9.17) is 9.47 Å². The molecular weight excluding hydrogens is 322 g/mol. The van der Waals surface area contributed by atoms with Gasteiger partial charge in [0.1, 0.15) is 11.5 Å². The van der Waals surface area contributed by atoms with E-state index in [1.54, 1.807) is 42.2 Å². The Hall–Kier alpha value is -2.28. The van der Waals surface area contributed by atoms with E-state index in [-0.39, 0.29) is 30.2 Å². The summed E-state index contributed by atoms with van der Waals surface area (Å²) in [5.41, 5.74) is 0.675. The van der Waals surface area contributed by atoms with E-state index >= 15 is 0 Å². The first-order chi connectivity index (χ1) is 12.0. The third kappa shape index (κ3) is 3.42. The van der Waals surface area contributed by atoms with Crippen molar-refractivity contribution >= 4 is 17.5 Å². The van der Waals surface area contributed by atoms with Crippen LogP contribution >= 0.6 is 0 Å². The van der Waals surface area contributed by atoms with Crippen molar-refractivity contribution in [3.05, 3.63) is 18.2 Å². The molecule has 0 unspecified atom stereocenters. The second kappa shape index (κ2) is 7.31. The van der Waals surface area contributed by atoms with Crippen LogP contribution in [0.1, 0.15) is 12.8 Å². The lowest BCUT2D eigenvalue weighted by atomic mass is 10.1. The highest BCUT2D eigenvalue weighted by Gasteiger charge is 2.39. The largest absolute Gasteiger partial charge is 0.497 e. The highest BCUT2D eigenvalue weighted by molar-refractivity contribution is 6.01. The van der Waals surface area contributed by atoms with Gasteiger partial charge in [0.25, 0.3) is 0 Å². The minimum Gasteiger partial charge on any atom is -0.497 e. The maximum atomic E-state index is 12.8. The average molecular weight is 347 g/mol. The number of hydrogen-bond donors (Lipinski definition) is 1. The lowest BCUT2D eigenvalue weighted by molar-refractivity contribution is -0.136. The molecule has 1 aromatic carbocycles. The topological polar surface area (TPSA) is 71.1 Å². The highest BCUT2D eigenvalue weighted by Crippen LogP contribution is 2.36. The molecule has 25 heavy (non-hydrogen) atoms. The molecule has 1 N–H and O–H groups in total. The fourth-order valence-corrected chi connectivity index (χ4v) is 3.55. The number of anilines is 1. The molecule has 2 amide bonds. The number of hydrogen-bond acceptors (Lipinski definition) is 5. The zero-order valence-corrected chi connectivity index (χ0v) is 14.9. The molecule has 136 valence electrons. The molecule has 1 aromatic rings. The number of nitrogens with zero attached hydrogens (tertiary/aromatic N) is 2. The molecule has 0 bridgehead atoms. The summed E-state index contributed by atoms with van der Waals surface area (Å²) in [4.78, 5) is 28.7. The molecule has 0 aliphatic carbocycles. The van der Waals surface area contributed by atoms with Crippen molar-refractivity contribution in [2.75, 3.05) is 45.8 Å². The number of rotatable bonds is 5. The third-order valence-corrected chi connectivity index (χ3v) is 5.08. The SMILES string of the molecule is COc1ccc(N2C[C@H](C(=O)N(C)[C@@H]3CCNC3)CC2=O)c(OC)c1. The van der Waals surface area contributed by atoms with Crippen molar-refractivity contribution in [3.8, 4) is 11.5 Å². The number of likely N-dealkylation sites (N-methyl/N-ethyl adjacent to an activating group) is 1. The Kier molecular flexibility index (Phi) is 5.13. The van der Waals surface area contributed by atoms with Gasteiger partial charge in [0, 0.05) is 38.7 Å². The zero-order chi connectivity index (χ0) is 18.0. The molecular formula is C18H25N3O4. The number of carbonyl (C=O) groups is 2. The first-order valence-electron chi connectivity index (χ1n) is 8.55. The molecule has 7 heteroatoms. The fourth-order valence-electron chi connectivity index (χ4n) is 3.55. The Bertz CT molecular complexity index is 658. The maximum absolute atomic E-state index is 12.8. The fraction of sp³-hybridized carbons (Fsp3) is 0.556. The lowest BCUT2D eigenvalue weighted by Crippen LogP contribution is -2.42. The highest BCUT2D eigenvalue weighted by atomic mass is 16.5. The molecule has 2 aliphatic rings. The van der Waals surface area contributed by atoms with Crippen LogP contribution in [0.15, 0.2) is 18.2 Å². The molecule has 3 rings (SSSR count). The summed E-state index contributed by atoms with van der Waals surface area (Å²) in [6.07, 6.45) is 1.19. The Morgan fingerprint density at radius 2 is 2.12 bits per heavy atom. The van der Waals surface area contributed by atoms with Gasteiger partial charge in [0.05, 0.1) is 25.8 Å². The van der Waals surface area contributed by atoms with E-state index < -0.39 is 0 Å². The van der Waals surface area contributed by atoms with Crippen LogP contribution in [0.3, 0.4) is 0 Å². The van der Waals surface area contributed by atoms with E-state index in [0.717, 1.165) is 19.5 Å². The van der Waals surface area contributed by atoms with Gasteiger partial charge in [-0.05, 0) is 25.1 Å². The number of ether oxygens (including phenoxy) is 2. The Labute approximate surface area is 147 Å². The van der Waals surface area contributed by atoms with Crippen molar-refractivity contribution in [2.45, 2.75) is 18.9 Å². The van der Waals surface area contributed by atoms with E-state index in [1.807, 2.05) is 7.05 Å². The molecule has 7 nitrogen and oxygen atoms in total.